The van der Waals surface area contributed by atoms with Gasteiger partial charge in [-0.1, -0.05) is 34.8 Å². The van der Waals surface area contributed by atoms with Gasteiger partial charge >= 0.3 is 0 Å². The summed E-state index contributed by atoms with van der Waals surface area (Å²) >= 11 is 18.3. The van der Waals surface area contributed by atoms with Gasteiger partial charge in [-0.3, -0.25) is 4.57 Å². The Morgan fingerprint density at radius 2 is 1.20 bits per heavy atom. The number of hydrogen-bond donors (Lipinski definition) is 0. The number of hydrogen-bond acceptors (Lipinski definition) is 6. The van der Waals surface area contributed by atoms with Crippen LogP contribution in [0.5, 0.6) is 0 Å². The van der Waals surface area contributed by atoms with Gasteiger partial charge in [0.2, 0.25) is 0 Å². The lowest BCUT2D eigenvalue weighted by Gasteiger charge is -2.08. The predicted octanol–water partition coefficient (Wildman–Crippen LogP) is 5.88. The summed E-state index contributed by atoms with van der Waals surface area (Å²) in [6.45, 7) is 0.710. The van der Waals surface area contributed by atoms with E-state index in [0.29, 0.717) is 38.9 Å². The first kappa shape index (κ1) is 24.9. The molecule has 4 aromatic heterocycles. The Morgan fingerprint density at radius 1 is 0.675 bits per heavy atom. The van der Waals surface area contributed by atoms with Crippen LogP contribution in [0.25, 0.3) is 34.2 Å². The number of rotatable bonds is 1. The van der Waals surface area contributed by atoms with Crippen LogP contribution in [0.1, 0.15) is 23.5 Å². The zero-order chi connectivity index (χ0) is 27.5. The maximum atomic E-state index is 13.1. The van der Waals surface area contributed by atoms with Crippen molar-refractivity contribution in [2.24, 2.45) is 0 Å². The van der Waals surface area contributed by atoms with Gasteiger partial charge in [0.25, 0.3) is 6.43 Å². The maximum Gasteiger partial charge on any atom is 0.282 e. The standard InChI is InChI=1S/C13H8ClF2N5.C12H7Cl2N5/c14-7-1-2-9-8(3-7)13-17-5-19-21(13)4-10-11(12(15)16)18-6-20(9)10;13-7-1-2-9-8(3-7)12-15-5-17-19(12)4-10-11(14)16-6-18(9)10/h1-3,5-6,12H,4H2;1-3,5-6H,4H2. The van der Waals surface area contributed by atoms with Crippen LogP contribution in [0.3, 0.4) is 0 Å². The Morgan fingerprint density at radius 3 is 1.77 bits per heavy atom. The van der Waals surface area contributed by atoms with Crippen molar-refractivity contribution >= 4 is 34.8 Å². The summed E-state index contributed by atoms with van der Waals surface area (Å²) in [4.78, 5) is 16.5. The van der Waals surface area contributed by atoms with Gasteiger partial charge in [0.1, 0.15) is 31.0 Å². The van der Waals surface area contributed by atoms with E-state index in [1.165, 1.54) is 19.0 Å². The van der Waals surface area contributed by atoms with Crippen LogP contribution in [0.15, 0.2) is 61.7 Å². The summed E-state index contributed by atoms with van der Waals surface area (Å²) in [7, 11) is 0. The molecule has 15 heteroatoms. The summed E-state index contributed by atoms with van der Waals surface area (Å²) in [6.07, 6.45) is 3.39. The molecule has 2 aliphatic heterocycles. The summed E-state index contributed by atoms with van der Waals surface area (Å²) in [5.41, 5.74) is 4.35. The molecule has 0 aliphatic carbocycles. The second-order valence-corrected chi connectivity index (χ2v) is 10.1. The minimum atomic E-state index is -2.64. The largest absolute Gasteiger partial charge is 0.300 e. The molecule has 6 heterocycles. The quantitative estimate of drug-likeness (QED) is 0.234. The monoisotopic (exact) mass is 598 g/mol. The highest BCUT2D eigenvalue weighted by Crippen LogP contribution is 2.35. The van der Waals surface area contributed by atoms with E-state index in [2.05, 4.69) is 30.1 Å². The molecule has 40 heavy (non-hydrogen) atoms. The number of aromatic nitrogens is 10. The third-order valence-electron chi connectivity index (χ3n) is 6.67. The molecule has 0 spiro atoms. The number of nitrogens with zero attached hydrogens (tertiary/aromatic N) is 10. The van der Waals surface area contributed by atoms with Crippen LogP contribution in [0, 0.1) is 0 Å². The van der Waals surface area contributed by atoms with Crippen LogP contribution in [0.4, 0.5) is 8.78 Å². The topological polar surface area (TPSA) is 97.1 Å². The van der Waals surface area contributed by atoms with Crippen molar-refractivity contribution in [3.8, 4) is 34.2 Å². The van der Waals surface area contributed by atoms with Crippen molar-refractivity contribution in [1.82, 2.24) is 48.6 Å². The third kappa shape index (κ3) is 3.98. The van der Waals surface area contributed by atoms with Gasteiger partial charge < -0.3 is 4.57 Å². The number of benzene rings is 2. The molecule has 0 unspecified atom stereocenters. The first-order chi connectivity index (χ1) is 19.4. The molecule has 0 N–H and O–H groups in total. The van der Waals surface area contributed by atoms with E-state index in [1.807, 2.05) is 22.8 Å². The summed E-state index contributed by atoms with van der Waals surface area (Å²) in [5, 5.41) is 10.0. The minimum absolute atomic E-state index is 0.182. The zero-order valence-electron chi connectivity index (χ0n) is 20.1. The van der Waals surface area contributed by atoms with Gasteiger partial charge in [-0.25, -0.2) is 38.1 Å². The highest BCUT2D eigenvalue weighted by atomic mass is 35.5. The normalized spacial score (nSPS) is 12.7. The first-order valence-electron chi connectivity index (χ1n) is 11.8. The molecule has 2 aliphatic rings. The fourth-order valence-electron chi connectivity index (χ4n) is 4.89. The SMILES string of the molecule is Clc1ccc2c(c1)-c1ncnn1Cc1c(Cl)ncn1-2.FC(F)c1ncn2c1Cn1ncnc1-c1cc(Cl)ccc1-2. The molecule has 200 valence electrons. The molecule has 8 rings (SSSR count). The molecular weight excluding hydrogens is 585 g/mol. The highest BCUT2D eigenvalue weighted by Gasteiger charge is 2.27. The molecule has 2 aromatic carbocycles. The van der Waals surface area contributed by atoms with Crippen LogP contribution < -0.4 is 0 Å². The summed E-state index contributed by atoms with van der Waals surface area (Å²) in [6, 6.07) is 10.9. The first-order valence-corrected chi connectivity index (χ1v) is 12.9. The summed E-state index contributed by atoms with van der Waals surface area (Å²) < 4.78 is 33.2. The average molecular weight is 600 g/mol. The zero-order valence-corrected chi connectivity index (χ0v) is 22.4. The molecule has 0 radical (unpaired) electrons. The van der Waals surface area contributed by atoms with Crippen molar-refractivity contribution in [2.75, 3.05) is 0 Å². The molecule has 0 saturated heterocycles. The molecular formula is C25H15Cl3F2N10. The van der Waals surface area contributed by atoms with E-state index in [1.54, 1.807) is 38.5 Å². The minimum Gasteiger partial charge on any atom is -0.300 e. The van der Waals surface area contributed by atoms with Crippen LogP contribution >= 0.6 is 34.8 Å². The third-order valence-corrected chi connectivity index (χ3v) is 7.46. The van der Waals surface area contributed by atoms with Crippen molar-refractivity contribution in [1.29, 1.82) is 0 Å². The van der Waals surface area contributed by atoms with Gasteiger partial charge in [0.05, 0.1) is 35.9 Å². The van der Waals surface area contributed by atoms with Gasteiger partial charge in [0, 0.05) is 21.2 Å². The van der Waals surface area contributed by atoms with Crippen LogP contribution in [-0.4, -0.2) is 48.6 Å². The number of halogens is 5. The van der Waals surface area contributed by atoms with E-state index in [9.17, 15) is 8.78 Å². The molecule has 0 saturated carbocycles. The Kier molecular flexibility index (Phi) is 5.91. The van der Waals surface area contributed by atoms with Crippen LogP contribution in [0.2, 0.25) is 15.2 Å². The Hall–Kier alpha value is -4.13. The van der Waals surface area contributed by atoms with Gasteiger partial charge in [-0.2, -0.15) is 10.2 Å². The van der Waals surface area contributed by atoms with Crippen molar-refractivity contribution in [3.05, 3.63) is 94.0 Å². The lowest BCUT2D eigenvalue weighted by molar-refractivity contribution is 0.145. The molecule has 0 bridgehead atoms. The van der Waals surface area contributed by atoms with E-state index >= 15 is 0 Å². The second-order valence-electron chi connectivity index (χ2n) is 8.90. The molecule has 0 atom stereocenters. The van der Waals surface area contributed by atoms with Gasteiger partial charge in [-0.15, -0.1) is 0 Å². The Balaban J connectivity index is 0.000000133. The number of imidazole rings is 2. The van der Waals surface area contributed by atoms with Crippen molar-refractivity contribution < 1.29 is 8.78 Å². The predicted molar refractivity (Wildman–Crippen MR) is 143 cm³/mol. The van der Waals surface area contributed by atoms with Gasteiger partial charge in [0.15, 0.2) is 16.8 Å². The number of alkyl halides is 2. The van der Waals surface area contributed by atoms with E-state index < -0.39 is 6.43 Å². The molecule has 0 fully saturated rings. The molecule has 10 nitrogen and oxygen atoms in total. The lowest BCUT2D eigenvalue weighted by atomic mass is 10.1. The fraction of sp³-hybridized carbons (Fsp3) is 0.120. The number of fused-ring (bicyclic) bond motifs is 10. The fourth-order valence-corrected chi connectivity index (χ4v) is 5.43. The van der Waals surface area contributed by atoms with E-state index in [0.717, 1.165) is 28.3 Å². The molecule has 6 aromatic rings. The second kappa shape index (κ2) is 9.51. The Bertz CT molecular complexity index is 1900. The molecule has 0 amide bonds. The summed E-state index contributed by atoms with van der Waals surface area (Å²) in [5.74, 6) is 1.37. The lowest BCUT2D eigenvalue weighted by Crippen LogP contribution is -2.07. The van der Waals surface area contributed by atoms with Crippen LogP contribution in [-0.2, 0) is 13.1 Å². The van der Waals surface area contributed by atoms with Gasteiger partial charge in [-0.05, 0) is 36.4 Å². The van der Waals surface area contributed by atoms with E-state index in [-0.39, 0.29) is 12.2 Å². The average Bonchev–Trinajstić information content (AvgIpc) is 3.72. The van der Waals surface area contributed by atoms with Crippen molar-refractivity contribution in [2.45, 2.75) is 19.5 Å². The Labute approximate surface area is 239 Å². The maximum absolute atomic E-state index is 13.1. The smallest absolute Gasteiger partial charge is 0.282 e. The van der Waals surface area contributed by atoms with Crippen molar-refractivity contribution in [3.63, 3.8) is 0 Å². The highest BCUT2D eigenvalue weighted by molar-refractivity contribution is 6.31. The van der Waals surface area contributed by atoms with E-state index in [4.69, 9.17) is 34.8 Å².